The number of carbonyl (C=O) groups excluding carboxylic acids is 2. The zero-order chi connectivity index (χ0) is 18.4. The maximum Gasteiger partial charge on any atom is 0.431 e. The topological polar surface area (TPSA) is 80.7 Å². The lowest BCUT2D eigenvalue weighted by atomic mass is 10.1. The van der Waals surface area contributed by atoms with Crippen molar-refractivity contribution in [3.8, 4) is 0 Å². The van der Waals surface area contributed by atoms with E-state index in [0.29, 0.717) is 0 Å². The van der Waals surface area contributed by atoms with E-state index in [1.165, 1.54) is 12.3 Å². The second-order valence-corrected chi connectivity index (χ2v) is 6.47. The summed E-state index contributed by atoms with van der Waals surface area (Å²) in [5, 5.41) is 4.83. The van der Waals surface area contributed by atoms with Crippen LogP contribution in [0, 0.1) is 0 Å². The van der Waals surface area contributed by atoms with Crippen molar-refractivity contribution in [3.05, 3.63) is 33.5 Å². The second-order valence-electron chi connectivity index (χ2n) is 4.50. The summed E-state index contributed by atoms with van der Waals surface area (Å²) in [5.41, 5.74) is 0.859. The molecule has 0 atom stereocenters. The summed E-state index contributed by atoms with van der Waals surface area (Å²) in [6.45, 7) is 1.79. The molecule has 134 valence electrons. The molecule has 2 aromatic rings. The number of halogens is 3. The number of anilines is 1. The highest BCUT2D eigenvalue weighted by Gasteiger charge is 2.37. The molecule has 1 N–H and O–H groups in total. The lowest BCUT2D eigenvalue weighted by molar-refractivity contribution is -0.0602. The number of hydrogen-bond acceptors (Lipinski definition) is 8. The van der Waals surface area contributed by atoms with Crippen LogP contribution >= 0.6 is 22.7 Å². The average molecular weight is 391 g/mol. The SMILES string of the molecule is CCOC(=O)c1cnc(N/N=C(/CC(=O)c2cccs2)C(F)(F)F)s1. The summed E-state index contributed by atoms with van der Waals surface area (Å²) >= 11 is 1.85. The van der Waals surface area contributed by atoms with E-state index in [-0.39, 0.29) is 21.5 Å². The zero-order valence-electron chi connectivity index (χ0n) is 12.8. The number of Topliss-reactive ketones (excluding diaryl/α,β-unsaturated/α-hetero) is 1. The van der Waals surface area contributed by atoms with Crippen LogP contribution in [-0.2, 0) is 4.74 Å². The number of hydrazone groups is 1. The molecule has 25 heavy (non-hydrogen) atoms. The number of rotatable bonds is 7. The molecule has 0 aliphatic rings. The Balaban J connectivity index is 2.10. The van der Waals surface area contributed by atoms with Gasteiger partial charge in [0.25, 0.3) is 0 Å². The van der Waals surface area contributed by atoms with E-state index in [9.17, 15) is 22.8 Å². The molecule has 0 radical (unpaired) electrons. The quantitative estimate of drug-likeness (QED) is 0.334. The largest absolute Gasteiger partial charge is 0.462 e. The molecule has 0 aliphatic carbocycles. The van der Waals surface area contributed by atoms with Crippen LogP contribution in [0.1, 0.15) is 32.7 Å². The molecular formula is C14H12F3N3O3S2. The first kappa shape index (κ1) is 19.1. The van der Waals surface area contributed by atoms with Gasteiger partial charge in [0.1, 0.15) is 10.6 Å². The summed E-state index contributed by atoms with van der Waals surface area (Å²) in [5.74, 6) is -1.31. The number of hydrogen-bond donors (Lipinski definition) is 1. The number of thiazole rings is 1. The molecular weight excluding hydrogens is 379 g/mol. The van der Waals surface area contributed by atoms with Crippen LogP contribution < -0.4 is 5.43 Å². The predicted octanol–water partition coefficient (Wildman–Crippen LogP) is 3.98. The molecule has 11 heteroatoms. The molecule has 2 rings (SSSR count). The van der Waals surface area contributed by atoms with E-state index in [1.807, 2.05) is 0 Å². The molecule has 0 unspecified atom stereocenters. The van der Waals surface area contributed by atoms with Crippen LogP contribution in [0.25, 0.3) is 0 Å². The van der Waals surface area contributed by atoms with E-state index in [4.69, 9.17) is 4.74 Å². The fraction of sp³-hybridized carbons (Fsp3) is 0.286. The molecule has 0 saturated heterocycles. The van der Waals surface area contributed by atoms with E-state index in [0.717, 1.165) is 22.7 Å². The minimum atomic E-state index is -4.78. The first-order chi connectivity index (χ1) is 11.8. The summed E-state index contributed by atoms with van der Waals surface area (Å²) < 4.78 is 43.9. The second kappa shape index (κ2) is 8.21. The van der Waals surface area contributed by atoms with Crippen molar-refractivity contribution in [2.24, 2.45) is 5.10 Å². The van der Waals surface area contributed by atoms with Crippen molar-refractivity contribution in [3.63, 3.8) is 0 Å². The van der Waals surface area contributed by atoms with E-state index < -0.39 is 30.1 Å². The Hall–Kier alpha value is -2.27. The van der Waals surface area contributed by atoms with Crippen LogP contribution in [0.3, 0.4) is 0 Å². The van der Waals surface area contributed by atoms with Gasteiger partial charge in [-0.15, -0.1) is 11.3 Å². The number of ketones is 1. The van der Waals surface area contributed by atoms with Gasteiger partial charge in [0.15, 0.2) is 5.78 Å². The Kier molecular flexibility index (Phi) is 6.26. The number of thiophene rings is 1. The standard InChI is InChI=1S/C14H12F3N3O3S2/c1-2-23-12(22)10-7-18-13(25-10)20-19-11(14(15,16)17)6-8(21)9-4-3-5-24-9/h3-5,7H,2,6H2,1H3,(H,18,20)/b19-11-. The summed E-state index contributed by atoms with van der Waals surface area (Å²) in [6.07, 6.45) is -4.50. The molecule has 0 amide bonds. The van der Waals surface area contributed by atoms with Gasteiger partial charge >= 0.3 is 12.1 Å². The van der Waals surface area contributed by atoms with Gasteiger partial charge in [0.2, 0.25) is 5.13 Å². The fourth-order valence-electron chi connectivity index (χ4n) is 1.62. The van der Waals surface area contributed by atoms with Crippen molar-refractivity contribution in [2.45, 2.75) is 19.5 Å². The predicted molar refractivity (Wildman–Crippen MR) is 88.4 cm³/mol. The van der Waals surface area contributed by atoms with Crippen molar-refractivity contribution in [1.82, 2.24) is 4.98 Å². The number of esters is 1. The van der Waals surface area contributed by atoms with Crippen LogP contribution in [0.4, 0.5) is 18.3 Å². The van der Waals surface area contributed by atoms with Crippen LogP contribution in [-0.4, -0.2) is 35.2 Å². The third-order valence-corrected chi connectivity index (χ3v) is 4.51. The molecule has 6 nitrogen and oxygen atoms in total. The van der Waals surface area contributed by atoms with Gasteiger partial charge in [0, 0.05) is 0 Å². The monoisotopic (exact) mass is 391 g/mol. The highest BCUT2D eigenvalue weighted by molar-refractivity contribution is 7.17. The Labute approximate surface area is 148 Å². The summed E-state index contributed by atoms with van der Waals surface area (Å²) in [7, 11) is 0. The number of nitrogens with zero attached hydrogens (tertiary/aromatic N) is 2. The van der Waals surface area contributed by atoms with Crippen molar-refractivity contribution < 1.29 is 27.5 Å². The molecule has 0 saturated carbocycles. The lowest BCUT2D eigenvalue weighted by Gasteiger charge is -2.09. The molecule has 0 spiro atoms. The first-order valence-corrected chi connectivity index (χ1v) is 8.60. The average Bonchev–Trinajstić information content (AvgIpc) is 3.21. The maximum atomic E-state index is 13.0. The van der Waals surface area contributed by atoms with E-state index in [1.54, 1.807) is 18.4 Å². The van der Waals surface area contributed by atoms with Crippen LogP contribution in [0.2, 0.25) is 0 Å². The Bertz CT molecular complexity index is 770. The van der Waals surface area contributed by atoms with Crippen molar-refractivity contribution >= 4 is 45.3 Å². The smallest absolute Gasteiger partial charge is 0.431 e. The van der Waals surface area contributed by atoms with Gasteiger partial charge in [0.05, 0.1) is 24.1 Å². The number of carbonyl (C=O) groups is 2. The van der Waals surface area contributed by atoms with E-state index in [2.05, 4.69) is 15.5 Å². The maximum absolute atomic E-state index is 13.0. The molecule has 0 fully saturated rings. The van der Waals surface area contributed by atoms with Gasteiger partial charge in [-0.3, -0.25) is 10.2 Å². The third-order valence-electron chi connectivity index (χ3n) is 2.72. The Morgan fingerprint density at radius 1 is 1.36 bits per heavy atom. The highest BCUT2D eigenvalue weighted by atomic mass is 32.1. The molecule has 0 aliphatic heterocycles. The Morgan fingerprint density at radius 3 is 2.72 bits per heavy atom. The number of ether oxygens (including phenoxy) is 1. The van der Waals surface area contributed by atoms with Crippen LogP contribution in [0.5, 0.6) is 0 Å². The lowest BCUT2D eigenvalue weighted by Crippen LogP contribution is -2.26. The van der Waals surface area contributed by atoms with Gasteiger partial charge < -0.3 is 4.74 Å². The molecule has 0 bridgehead atoms. The van der Waals surface area contributed by atoms with Crippen molar-refractivity contribution in [2.75, 3.05) is 12.0 Å². The first-order valence-electron chi connectivity index (χ1n) is 6.90. The van der Waals surface area contributed by atoms with Crippen molar-refractivity contribution in [1.29, 1.82) is 0 Å². The third kappa shape index (κ3) is 5.36. The van der Waals surface area contributed by atoms with E-state index >= 15 is 0 Å². The molecule has 2 aromatic heterocycles. The van der Waals surface area contributed by atoms with Gasteiger partial charge in [-0.25, -0.2) is 9.78 Å². The Morgan fingerprint density at radius 2 is 2.12 bits per heavy atom. The normalized spacial score (nSPS) is 12.1. The van der Waals surface area contributed by atoms with Gasteiger partial charge in [-0.1, -0.05) is 17.4 Å². The zero-order valence-corrected chi connectivity index (χ0v) is 14.4. The summed E-state index contributed by atoms with van der Waals surface area (Å²) in [4.78, 5) is 27.5. The van der Waals surface area contributed by atoms with Crippen LogP contribution in [0.15, 0.2) is 28.8 Å². The number of alkyl halides is 3. The fourth-order valence-corrected chi connectivity index (χ4v) is 2.93. The number of nitrogens with one attached hydrogen (secondary N) is 1. The molecule has 0 aromatic carbocycles. The minimum absolute atomic E-state index is 0.0200. The summed E-state index contributed by atoms with van der Waals surface area (Å²) in [6, 6.07) is 3.02. The highest BCUT2D eigenvalue weighted by Crippen LogP contribution is 2.24. The van der Waals surface area contributed by atoms with Gasteiger partial charge in [-0.05, 0) is 18.4 Å². The van der Waals surface area contributed by atoms with Gasteiger partial charge in [-0.2, -0.15) is 18.3 Å². The molecule has 2 heterocycles. The number of aromatic nitrogens is 1. The minimum Gasteiger partial charge on any atom is -0.462 e.